The van der Waals surface area contributed by atoms with Gasteiger partial charge in [-0.3, -0.25) is 29.6 Å². The molecule has 1 aromatic heterocycles. The molecule has 170 valence electrons. The van der Waals surface area contributed by atoms with Gasteiger partial charge in [-0.1, -0.05) is 36.4 Å². The van der Waals surface area contributed by atoms with Crippen LogP contribution in [0.25, 0.3) is 0 Å². The average molecular weight is 473 g/mol. The minimum atomic E-state index is -1.17. The number of carbonyl (C=O) groups is 2. The van der Waals surface area contributed by atoms with Crippen LogP contribution in [-0.4, -0.2) is 44.2 Å². The zero-order chi connectivity index (χ0) is 23.4. The van der Waals surface area contributed by atoms with E-state index in [4.69, 9.17) is 0 Å². The Morgan fingerprint density at radius 3 is 2.62 bits per heavy atom. The van der Waals surface area contributed by atoms with Crippen molar-refractivity contribution in [1.29, 1.82) is 0 Å². The Labute approximate surface area is 199 Å². The third-order valence-electron chi connectivity index (χ3n) is 7.22. The van der Waals surface area contributed by atoms with Crippen molar-refractivity contribution in [2.45, 2.75) is 17.5 Å². The van der Waals surface area contributed by atoms with Gasteiger partial charge >= 0.3 is 0 Å². The number of ketones is 1. The quantitative estimate of drug-likeness (QED) is 0.350. The molecule has 4 atom stereocenters. The summed E-state index contributed by atoms with van der Waals surface area (Å²) in [5.74, 6) is -0.108. The van der Waals surface area contributed by atoms with Crippen LogP contribution in [0.1, 0.15) is 27.5 Å². The summed E-state index contributed by atoms with van der Waals surface area (Å²) in [6, 6.07) is 19.0. The Morgan fingerprint density at radius 1 is 1.12 bits per heavy atom. The molecule has 34 heavy (non-hydrogen) atoms. The van der Waals surface area contributed by atoms with E-state index in [1.807, 2.05) is 24.3 Å². The Hall–Kier alpha value is -3.56. The first-order valence-electron chi connectivity index (χ1n) is 11.0. The molecule has 0 radical (unpaired) electrons. The van der Waals surface area contributed by atoms with Crippen LogP contribution in [0.3, 0.4) is 0 Å². The van der Waals surface area contributed by atoms with E-state index in [1.165, 1.54) is 12.1 Å². The second-order valence-electron chi connectivity index (χ2n) is 8.73. The number of carbonyl (C=O) groups excluding carboxylic acids is 2. The monoisotopic (exact) mass is 472 g/mol. The molecule has 4 heterocycles. The molecule has 0 aliphatic carbocycles. The molecule has 0 saturated carbocycles. The van der Waals surface area contributed by atoms with Crippen LogP contribution in [0.2, 0.25) is 0 Å². The molecular weight excluding hydrogens is 452 g/mol. The number of thioether (sulfide) groups is 1. The first kappa shape index (κ1) is 21.0. The fourth-order valence-electron chi connectivity index (χ4n) is 5.89. The van der Waals surface area contributed by atoms with Crippen LogP contribution in [0.15, 0.2) is 72.9 Å². The third kappa shape index (κ3) is 2.80. The summed E-state index contributed by atoms with van der Waals surface area (Å²) in [6.45, 7) is 0. The Bertz CT molecular complexity index is 1320. The number of anilines is 1. The summed E-state index contributed by atoms with van der Waals surface area (Å²) < 4.78 is 0. The van der Waals surface area contributed by atoms with Gasteiger partial charge in [-0.2, -0.15) is 0 Å². The van der Waals surface area contributed by atoms with Gasteiger partial charge in [0.25, 0.3) is 5.69 Å². The van der Waals surface area contributed by atoms with Crippen molar-refractivity contribution in [2.24, 2.45) is 5.92 Å². The maximum Gasteiger partial charge on any atom is 0.269 e. The number of nitrogens with zero attached hydrogens (tertiary/aromatic N) is 3. The Kier molecular flexibility index (Phi) is 4.79. The number of rotatable bonds is 4. The van der Waals surface area contributed by atoms with Gasteiger partial charge in [0.15, 0.2) is 5.78 Å². The van der Waals surface area contributed by atoms with Crippen LogP contribution in [0.4, 0.5) is 11.4 Å². The van der Waals surface area contributed by atoms with E-state index < -0.39 is 16.4 Å². The van der Waals surface area contributed by atoms with E-state index in [0.717, 1.165) is 16.9 Å². The molecule has 1 N–H and O–H groups in total. The first-order chi connectivity index (χ1) is 16.5. The van der Waals surface area contributed by atoms with E-state index in [-0.39, 0.29) is 29.3 Å². The van der Waals surface area contributed by atoms with Crippen LogP contribution < -0.4 is 5.32 Å². The standard InChI is InChI=1S/C25H20N4O4S/c30-23(19-7-3-4-12-26-19)22-21(15-8-10-16(11-9-15)29(32)33)20-13-34-14-28(20)25(22)17-5-1-2-6-18(17)27-24(25)31/h1-12,20-22H,13-14H2,(H,27,31)/t20-,21-,22+,25+/m1/s1. The predicted molar refractivity (Wildman–Crippen MR) is 128 cm³/mol. The van der Waals surface area contributed by atoms with Crippen molar-refractivity contribution in [3.05, 3.63) is 99.9 Å². The van der Waals surface area contributed by atoms with E-state index in [9.17, 15) is 19.7 Å². The fraction of sp³-hybridized carbons (Fsp3) is 0.240. The molecular formula is C25H20N4O4S. The van der Waals surface area contributed by atoms with Crippen molar-refractivity contribution in [3.8, 4) is 0 Å². The zero-order valence-electron chi connectivity index (χ0n) is 18.0. The van der Waals surface area contributed by atoms with Crippen LogP contribution in [0.5, 0.6) is 0 Å². The second kappa shape index (κ2) is 7.75. The van der Waals surface area contributed by atoms with Gasteiger partial charge in [-0.05, 0) is 23.8 Å². The number of pyridine rings is 1. The van der Waals surface area contributed by atoms with Gasteiger partial charge in [-0.25, -0.2) is 0 Å². The molecule has 3 aliphatic rings. The second-order valence-corrected chi connectivity index (χ2v) is 9.73. The number of aromatic nitrogens is 1. The minimum absolute atomic E-state index is 0.00864. The molecule has 9 heteroatoms. The van der Waals surface area contributed by atoms with E-state index in [0.29, 0.717) is 17.3 Å². The highest BCUT2D eigenvalue weighted by atomic mass is 32.2. The molecule has 0 bridgehead atoms. The summed E-state index contributed by atoms with van der Waals surface area (Å²) in [4.78, 5) is 45.3. The molecule has 8 nitrogen and oxygen atoms in total. The Morgan fingerprint density at radius 2 is 1.88 bits per heavy atom. The molecule has 2 fully saturated rings. The SMILES string of the molecule is O=C(c1ccccn1)[C@@H]1[C@H](c2ccc([N+](=O)[O-])cc2)[C@H]2CSCN2[C@]12C(=O)Nc1ccccc12. The molecule has 1 amide bonds. The number of para-hydroxylation sites is 1. The summed E-state index contributed by atoms with van der Waals surface area (Å²) in [6.07, 6.45) is 1.58. The van der Waals surface area contributed by atoms with Crippen molar-refractivity contribution in [2.75, 3.05) is 16.9 Å². The van der Waals surface area contributed by atoms with E-state index >= 15 is 0 Å². The van der Waals surface area contributed by atoms with Gasteiger partial charge in [-0.15, -0.1) is 11.8 Å². The highest BCUT2D eigenvalue weighted by Crippen LogP contribution is 2.61. The van der Waals surface area contributed by atoms with Crippen LogP contribution in [-0.2, 0) is 10.3 Å². The van der Waals surface area contributed by atoms with Crippen LogP contribution >= 0.6 is 11.8 Å². The number of Topliss-reactive ketones (excluding diaryl/α,β-unsaturated/α-hetero) is 1. The van der Waals surface area contributed by atoms with Crippen molar-refractivity contribution >= 4 is 34.8 Å². The van der Waals surface area contributed by atoms with Crippen molar-refractivity contribution < 1.29 is 14.5 Å². The molecule has 3 aliphatic heterocycles. The largest absolute Gasteiger partial charge is 0.324 e. The van der Waals surface area contributed by atoms with Gasteiger partial charge in [0, 0.05) is 53.2 Å². The lowest BCUT2D eigenvalue weighted by Gasteiger charge is -2.36. The highest BCUT2D eigenvalue weighted by Gasteiger charge is 2.69. The number of hydrogen-bond donors (Lipinski definition) is 1. The molecule has 6 rings (SSSR count). The predicted octanol–water partition coefficient (Wildman–Crippen LogP) is 3.81. The molecule has 1 spiro atoms. The third-order valence-corrected chi connectivity index (χ3v) is 8.25. The Balaban J connectivity index is 1.59. The molecule has 0 unspecified atom stereocenters. The lowest BCUT2D eigenvalue weighted by atomic mass is 9.70. The number of hydrogen-bond acceptors (Lipinski definition) is 7. The topological polar surface area (TPSA) is 105 Å². The maximum atomic E-state index is 14.2. The van der Waals surface area contributed by atoms with Gasteiger partial charge in [0.2, 0.25) is 5.91 Å². The highest BCUT2D eigenvalue weighted by molar-refractivity contribution is 7.99. The van der Waals surface area contributed by atoms with E-state index in [2.05, 4.69) is 15.2 Å². The molecule has 3 aromatic rings. The molecule has 2 saturated heterocycles. The van der Waals surface area contributed by atoms with Crippen molar-refractivity contribution in [3.63, 3.8) is 0 Å². The zero-order valence-corrected chi connectivity index (χ0v) is 18.8. The summed E-state index contributed by atoms with van der Waals surface area (Å²) in [5, 5.41) is 14.3. The first-order valence-corrected chi connectivity index (χ1v) is 12.1. The van der Waals surface area contributed by atoms with Crippen LogP contribution in [0, 0.1) is 16.0 Å². The van der Waals surface area contributed by atoms with E-state index in [1.54, 1.807) is 48.3 Å². The number of benzene rings is 2. The van der Waals surface area contributed by atoms with Gasteiger partial charge in [0.1, 0.15) is 11.2 Å². The summed E-state index contributed by atoms with van der Waals surface area (Å²) >= 11 is 1.73. The number of amides is 1. The van der Waals surface area contributed by atoms with Gasteiger partial charge in [0.05, 0.1) is 10.8 Å². The minimum Gasteiger partial charge on any atom is -0.324 e. The number of fused-ring (bicyclic) bond motifs is 4. The summed E-state index contributed by atoms with van der Waals surface area (Å²) in [5.41, 5.74) is 1.45. The number of nitro groups is 1. The number of nitro benzene ring substituents is 1. The molecule has 2 aromatic carbocycles. The maximum absolute atomic E-state index is 14.2. The number of non-ortho nitro benzene ring substituents is 1. The smallest absolute Gasteiger partial charge is 0.269 e. The lowest BCUT2D eigenvalue weighted by Crippen LogP contribution is -2.52. The summed E-state index contributed by atoms with van der Waals surface area (Å²) in [7, 11) is 0. The average Bonchev–Trinajstić information content (AvgIpc) is 3.52. The fourth-order valence-corrected chi connectivity index (χ4v) is 7.22. The normalized spacial score (nSPS) is 27.4. The van der Waals surface area contributed by atoms with Crippen molar-refractivity contribution in [1.82, 2.24) is 9.88 Å². The van der Waals surface area contributed by atoms with Gasteiger partial charge < -0.3 is 5.32 Å². The number of nitrogens with one attached hydrogen (secondary N) is 1. The lowest BCUT2D eigenvalue weighted by molar-refractivity contribution is -0.384.